The van der Waals surface area contributed by atoms with Gasteiger partial charge in [0.1, 0.15) is 13.2 Å². The molecule has 1 atom stereocenters. The molecule has 0 bridgehead atoms. The van der Waals surface area contributed by atoms with E-state index in [1.54, 1.807) is 0 Å². The van der Waals surface area contributed by atoms with Gasteiger partial charge in [-0.1, -0.05) is 276 Å². The van der Waals surface area contributed by atoms with Crippen molar-refractivity contribution in [2.24, 2.45) is 0 Å². The second-order valence-electron chi connectivity index (χ2n) is 18.6. The van der Waals surface area contributed by atoms with Gasteiger partial charge in [0.05, 0.1) is 0 Å². The van der Waals surface area contributed by atoms with Gasteiger partial charge in [-0.25, -0.2) is 0 Å². The molecule has 1 unspecified atom stereocenters. The Morgan fingerprint density at radius 1 is 0.310 bits per heavy atom. The van der Waals surface area contributed by atoms with Crippen LogP contribution in [0.4, 0.5) is 0 Å². The summed E-state index contributed by atoms with van der Waals surface area (Å²) in [7, 11) is 0. The minimum Gasteiger partial charge on any atom is -0.462 e. The smallest absolute Gasteiger partial charge is 0.306 e. The van der Waals surface area contributed by atoms with Crippen LogP contribution in [0.2, 0.25) is 0 Å². The second kappa shape index (κ2) is 58.1. The Bertz CT molecular complexity index is 1550. The average Bonchev–Trinajstić information content (AvgIpc) is 3.37. The van der Waals surface area contributed by atoms with Crippen molar-refractivity contribution < 1.29 is 28.6 Å². The van der Waals surface area contributed by atoms with E-state index in [1.165, 1.54) is 103 Å². The summed E-state index contributed by atoms with van der Waals surface area (Å²) in [6, 6.07) is 0. The van der Waals surface area contributed by atoms with Crippen LogP contribution in [0.1, 0.15) is 239 Å². The molecule has 71 heavy (non-hydrogen) atoms. The quantitative estimate of drug-likeness (QED) is 0.0199. The van der Waals surface area contributed by atoms with Crippen molar-refractivity contribution in [3.63, 3.8) is 0 Å². The fraction of sp³-hybridized carbons (Fsp3) is 0.615. The Kier molecular flexibility index (Phi) is 54.5. The zero-order chi connectivity index (χ0) is 51.4. The molecule has 0 aliphatic heterocycles. The molecule has 0 N–H and O–H groups in total. The summed E-state index contributed by atoms with van der Waals surface area (Å²) in [5.74, 6) is -1.05. The number of hydrogen-bond donors (Lipinski definition) is 0. The lowest BCUT2D eigenvalue weighted by Gasteiger charge is -2.18. The fourth-order valence-electron chi connectivity index (χ4n) is 7.55. The third-order valence-electron chi connectivity index (χ3n) is 11.8. The minimum absolute atomic E-state index is 0.126. The van der Waals surface area contributed by atoms with Gasteiger partial charge < -0.3 is 14.2 Å². The summed E-state index contributed by atoms with van der Waals surface area (Å²) in [6.45, 7) is 6.28. The van der Waals surface area contributed by atoms with E-state index in [2.05, 4.69) is 93.7 Å². The molecule has 0 spiro atoms. The van der Waals surface area contributed by atoms with Crippen molar-refractivity contribution in [1.82, 2.24) is 0 Å². The molecule has 0 saturated heterocycles. The molecule has 0 radical (unpaired) electrons. The predicted octanol–water partition coefficient (Wildman–Crippen LogP) is 19.4. The van der Waals surface area contributed by atoms with Gasteiger partial charge >= 0.3 is 17.9 Å². The molecule has 0 fully saturated rings. The van der Waals surface area contributed by atoms with Gasteiger partial charge in [0.2, 0.25) is 0 Å². The average molecular weight is 982 g/mol. The standard InChI is InChI=1S/C65H104O6/c1-4-7-10-13-16-19-22-25-28-30-32-34-37-40-43-46-49-52-55-58-64(67)70-61-62(60-69-63(66)57-54-51-48-45-42-39-36-27-24-21-18-15-12-9-6-3)71-65(68)59-56-53-50-47-44-41-38-35-33-31-29-26-23-20-17-14-11-8-5-2/h7,9-10,12,15-16,18-19,21,24-25,27-28,32,34,36,39-40,42-43,49,52,62H,4-6,8,11,13-14,17,20,22-23,26,29-31,33,35,37-38,41,44-48,50-51,53-61H2,1-3H3/b10-7-,12-9-,18-15-,19-16-,24-21-,28-25-,34-32-,36-27-,42-39-,43-40-,52-49-. The van der Waals surface area contributed by atoms with Crippen LogP contribution in [0, 0.1) is 0 Å². The van der Waals surface area contributed by atoms with Gasteiger partial charge in [-0.15, -0.1) is 0 Å². The first-order valence-corrected chi connectivity index (χ1v) is 28.8. The van der Waals surface area contributed by atoms with Crippen LogP contribution >= 0.6 is 0 Å². The van der Waals surface area contributed by atoms with Crippen molar-refractivity contribution in [2.75, 3.05) is 13.2 Å². The van der Waals surface area contributed by atoms with E-state index in [4.69, 9.17) is 14.2 Å². The van der Waals surface area contributed by atoms with Crippen LogP contribution in [0.3, 0.4) is 0 Å². The Morgan fingerprint density at radius 2 is 0.648 bits per heavy atom. The van der Waals surface area contributed by atoms with Crippen molar-refractivity contribution in [1.29, 1.82) is 0 Å². The Hall–Kier alpha value is -4.45. The SMILES string of the molecule is CC\C=C/C=C\C=C/C=C\C=C/CCCCCC(=O)OCC(COC(=O)CC/C=C\C/C=C\C/C=C\C/C=C\C/C=C\C/C=C\CC)OC(=O)CCCCCCCCCCCCCCCCCCCCC. The number of allylic oxidation sites excluding steroid dienone is 22. The molecule has 0 heterocycles. The van der Waals surface area contributed by atoms with E-state index in [9.17, 15) is 14.4 Å². The van der Waals surface area contributed by atoms with Crippen molar-refractivity contribution >= 4 is 17.9 Å². The Morgan fingerprint density at radius 3 is 1.08 bits per heavy atom. The molecule has 6 heteroatoms. The number of carbonyl (C=O) groups is 3. The molecule has 0 rings (SSSR count). The predicted molar refractivity (Wildman–Crippen MR) is 306 cm³/mol. The molecule has 0 amide bonds. The van der Waals surface area contributed by atoms with Crippen LogP contribution < -0.4 is 0 Å². The number of carbonyl (C=O) groups excluding carboxylic acids is 3. The number of rotatable bonds is 50. The number of ether oxygens (including phenoxy) is 3. The van der Waals surface area contributed by atoms with E-state index in [-0.39, 0.29) is 37.5 Å². The second-order valence-corrected chi connectivity index (χ2v) is 18.6. The molecule has 0 aromatic heterocycles. The number of esters is 3. The molecule has 0 saturated carbocycles. The van der Waals surface area contributed by atoms with Crippen LogP contribution in [0.15, 0.2) is 134 Å². The van der Waals surface area contributed by atoms with Crippen molar-refractivity contribution in [3.8, 4) is 0 Å². The zero-order valence-electron chi connectivity index (χ0n) is 45.7. The topological polar surface area (TPSA) is 78.9 Å². The lowest BCUT2D eigenvalue weighted by Crippen LogP contribution is -2.30. The molecule has 0 aliphatic rings. The number of hydrogen-bond acceptors (Lipinski definition) is 6. The molecule has 400 valence electrons. The lowest BCUT2D eigenvalue weighted by molar-refractivity contribution is -0.166. The summed E-state index contributed by atoms with van der Waals surface area (Å²) < 4.78 is 16.8. The van der Waals surface area contributed by atoms with E-state index >= 15 is 0 Å². The maximum absolute atomic E-state index is 12.9. The Balaban J connectivity index is 4.55. The fourth-order valence-corrected chi connectivity index (χ4v) is 7.55. The number of unbranched alkanes of at least 4 members (excludes halogenated alkanes) is 21. The van der Waals surface area contributed by atoms with Gasteiger partial charge in [-0.05, 0) is 77.0 Å². The highest BCUT2D eigenvalue weighted by Crippen LogP contribution is 2.16. The first-order chi connectivity index (χ1) is 35.0. The van der Waals surface area contributed by atoms with Crippen molar-refractivity contribution in [3.05, 3.63) is 134 Å². The van der Waals surface area contributed by atoms with Gasteiger partial charge in [-0.2, -0.15) is 0 Å². The third-order valence-corrected chi connectivity index (χ3v) is 11.8. The van der Waals surface area contributed by atoms with E-state index in [1.807, 2.05) is 60.8 Å². The summed E-state index contributed by atoms with van der Waals surface area (Å²) in [6.07, 6.45) is 81.7. The molecular weight excluding hydrogens is 877 g/mol. The van der Waals surface area contributed by atoms with E-state index < -0.39 is 6.10 Å². The maximum atomic E-state index is 12.9. The van der Waals surface area contributed by atoms with E-state index in [0.717, 1.165) is 89.9 Å². The maximum Gasteiger partial charge on any atom is 0.306 e. The van der Waals surface area contributed by atoms with Crippen molar-refractivity contribution in [2.45, 2.75) is 245 Å². The third kappa shape index (κ3) is 56.3. The van der Waals surface area contributed by atoms with Crippen LogP contribution in [-0.2, 0) is 28.6 Å². The normalized spacial score (nSPS) is 13.1. The molecule has 0 aromatic carbocycles. The monoisotopic (exact) mass is 981 g/mol. The minimum atomic E-state index is -0.830. The van der Waals surface area contributed by atoms with Gasteiger partial charge in [0, 0.05) is 19.3 Å². The van der Waals surface area contributed by atoms with Gasteiger partial charge in [0.15, 0.2) is 6.10 Å². The molecular formula is C65H104O6. The van der Waals surface area contributed by atoms with Crippen LogP contribution in [-0.4, -0.2) is 37.2 Å². The highest BCUT2D eigenvalue weighted by atomic mass is 16.6. The largest absolute Gasteiger partial charge is 0.462 e. The first kappa shape index (κ1) is 66.6. The van der Waals surface area contributed by atoms with Crippen LogP contribution in [0.5, 0.6) is 0 Å². The zero-order valence-corrected chi connectivity index (χ0v) is 45.7. The first-order valence-electron chi connectivity index (χ1n) is 28.8. The summed E-state index contributed by atoms with van der Waals surface area (Å²) >= 11 is 0. The lowest BCUT2D eigenvalue weighted by atomic mass is 10.0. The molecule has 6 nitrogen and oxygen atoms in total. The Labute approximate surface area is 436 Å². The van der Waals surface area contributed by atoms with Gasteiger partial charge in [-0.3, -0.25) is 14.4 Å². The van der Waals surface area contributed by atoms with E-state index in [0.29, 0.717) is 19.3 Å². The van der Waals surface area contributed by atoms with Crippen LogP contribution in [0.25, 0.3) is 0 Å². The van der Waals surface area contributed by atoms with Gasteiger partial charge in [0.25, 0.3) is 0 Å². The summed E-state index contributed by atoms with van der Waals surface area (Å²) in [4.78, 5) is 38.1. The summed E-state index contributed by atoms with van der Waals surface area (Å²) in [5.41, 5.74) is 0. The highest BCUT2D eigenvalue weighted by Gasteiger charge is 2.19. The highest BCUT2D eigenvalue weighted by molar-refractivity contribution is 5.71. The molecule has 0 aliphatic carbocycles. The summed E-state index contributed by atoms with van der Waals surface area (Å²) in [5, 5.41) is 0. The molecule has 0 aromatic rings.